The molecule has 0 bridgehead atoms. The number of benzene rings is 2. The Balaban J connectivity index is 1.15. The van der Waals surface area contributed by atoms with Crippen molar-refractivity contribution in [3.8, 4) is 16.3 Å². The number of amides is 1. The fourth-order valence-corrected chi connectivity index (χ4v) is 5.01. The van der Waals surface area contributed by atoms with Crippen LogP contribution in [0, 0.1) is 13.8 Å². The molecular weight excluding hydrogens is 460 g/mol. The van der Waals surface area contributed by atoms with Crippen LogP contribution in [-0.4, -0.2) is 52.0 Å². The summed E-state index contributed by atoms with van der Waals surface area (Å²) in [5.41, 5.74) is 4.63. The van der Waals surface area contributed by atoms with Crippen molar-refractivity contribution in [1.29, 1.82) is 0 Å². The van der Waals surface area contributed by atoms with E-state index in [2.05, 4.69) is 27.6 Å². The minimum Gasteiger partial charge on any atom is -0.489 e. The van der Waals surface area contributed by atoms with Crippen LogP contribution in [0.4, 0.5) is 0 Å². The van der Waals surface area contributed by atoms with Crippen LogP contribution in [0.15, 0.2) is 64.5 Å². The Morgan fingerprint density at radius 2 is 1.86 bits per heavy atom. The SMILES string of the molecule is Cc1noc(C)c1COc1cccc(C(=O)N2CCN(Cc3csc(-c4ccccc4)n3)CC2)c1. The number of carbonyl (C=O) groups excluding carboxylic acids is 1. The third kappa shape index (κ3) is 5.44. The van der Waals surface area contributed by atoms with Crippen LogP contribution in [0.2, 0.25) is 0 Å². The maximum atomic E-state index is 13.1. The van der Waals surface area contributed by atoms with E-state index in [0.717, 1.165) is 52.9 Å². The van der Waals surface area contributed by atoms with Gasteiger partial charge in [0, 0.05) is 49.2 Å². The second-order valence-electron chi connectivity index (χ2n) is 8.70. The lowest BCUT2D eigenvalue weighted by Crippen LogP contribution is -2.48. The number of aromatic nitrogens is 2. The molecule has 3 heterocycles. The van der Waals surface area contributed by atoms with Gasteiger partial charge in [-0.3, -0.25) is 9.69 Å². The van der Waals surface area contributed by atoms with Crippen molar-refractivity contribution >= 4 is 17.2 Å². The Kier molecular flexibility index (Phi) is 6.92. The Hall–Kier alpha value is -3.49. The summed E-state index contributed by atoms with van der Waals surface area (Å²) in [7, 11) is 0. The maximum Gasteiger partial charge on any atom is 0.254 e. The predicted molar refractivity (Wildman–Crippen MR) is 135 cm³/mol. The highest BCUT2D eigenvalue weighted by atomic mass is 32.1. The minimum atomic E-state index is 0.0347. The first-order chi connectivity index (χ1) is 17.1. The van der Waals surface area contributed by atoms with Gasteiger partial charge in [-0.1, -0.05) is 41.6 Å². The zero-order chi connectivity index (χ0) is 24.2. The van der Waals surface area contributed by atoms with Gasteiger partial charge in [-0.2, -0.15) is 0 Å². The van der Waals surface area contributed by atoms with Crippen molar-refractivity contribution in [2.75, 3.05) is 26.2 Å². The van der Waals surface area contributed by atoms with Crippen LogP contribution in [0.5, 0.6) is 5.75 Å². The molecule has 35 heavy (non-hydrogen) atoms. The van der Waals surface area contributed by atoms with Crippen molar-refractivity contribution in [2.45, 2.75) is 27.0 Å². The molecule has 4 aromatic rings. The fourth-order valence-electron chi connectivity index (χ4n) is 4.20. The molecule has 1 fully saturated rings. The molecule has 0 aliphatic carbocycles. The van der Waals surface area contributed by atoms with Crippen LogP contribution < -0.4 is 4.74 Å². The van der Waals surface area contributed by atoms with E-state index in [9.17, 15) is 4.79 Å². The van der Waals surface area contributed by atoms with Crippen molar-refractivity contribution in [2.24, 2.45) is 0 Å². The standard InChI is InChI=1S/C27H28N4O3S/c1-19-25(20(2)34-29-19)17-33-24-10-6-9-22(15-24)27(32)31-13-11-30(12-14-31)16-23-18-35-26(28-23)21-7-4-3-5-8-21/h3-10,15,18H,11-14,16-17H2,1-2H3. The first kappa shape index (κ1) is 23.3. The normalized spacial score (nSPS) is 14.3. The van der Waals surface area contributed by atoms with Gasteiger partial charge in [0.05, 0.1) is 17.0 Å². The molecule has 1 aliphatic rings. The van der Waals surface area contributed by atoms with Gasteiger partial charge >= 0.3 is 0 Å². The van der Waals surface area contributed by atoms with Crippen molar-refractivity contribution in [1.82, 2.24) is 19.9 Å². The number of carbonyl (C=O) groups is 1. The zero-order valence-electron chi connectivity index (χ0n) is 19.9. The number of ether oxygens (including phenoxy) is 1. The molecule has 2 aromatic carbocycles. The Morgan fingerprint density at radius 3 is 2.60 bits per heavy atom. The Morgan fingerprint density at radius 1 is 1.06 bits per heavy atom. The van der Waals surface area contributed by atoms with E-state index in [1.54, 1.807) is 11.3 Å². The number of nitrogens with zero attached hydrogens (tertiary/aromatic N) is 4. The first-order valence-corrected chi connectivity index (χ1v) is 12.6. The van der Waals surface area contributed by atoms with Gasteiger partial charge in [0.25, 0.3) is 5.91 Å². The van der Waals surface area contributed by atoms with E-state index in [1.165, 1.54) is 0 Å². The molecule has 2 aromatic heterocycles. The first-order valence-electron chi connectivity index (χ1n) is 11.7. The maximum absolute atomic E-state index is 13.1. The lowest BCUT2D eigenvalue weighted by molar-refractivity contribution is 0.0627. The summed E-state index contributed by atoms with van der Waals surface area (Å²) in [6, 6.07) is 17.6. The monoisotopic (exact) mass is 488 g/mol. The van der Waals surface area contributed by atoms with E-state index >= 15 is 0 Å². The Bertz CT molecular complexity index is 1270. The Labute approximate surface area is 209 Å². The third-order valence-corrected chi connectivity index (χ3v) is 7.20. The number of piperazine rings is 1. The summed E-state index contributed by atoms with van der Waals surface area (Å²) < 4.78 is 11.1. The number of rotatable bonds is 7. The average Bonchev–Trinajstić information content (AvgIpc) is 3.49. The fraction of sp³-hybridized carbons (Fsp3) is 0.296. The molecule has 0 N–H and O–H groups in total. The van der Waals surface area contributed by atoms with Crippen LogP contribution >= 0.6 is 11.3 Å². The quantitative estimate of drug-likeness (QED) is 0.367. The van der Waals surface area contributed by atoms with E-state index in [-0.39, 0.29) is 5.91 Å². The highest BCUT2D eigenvalue weighted by Gasteiger charge is 2.23. The summed E-state index contributed by atoms with van der Waals surface area (Å²) in [4.78, 5) is 22.2. The highest BCUT2D eigenvalue weighted by Crippen LogP contribution is 2.24. The number of aryl methyl sites for hydroxylation is 2. The average molecular weight is 489 g/mol. The summed E-state index contributed by atoms with van der Waals surface area (Å²) in [5, 5.41) is 7.14. The number of hydrogen-bond donors (Lipinski definition) is 0. The number of thiazole rings is 1. The van der Waals surface area contributed by atoms with E-state index in [4.69, 9.17) is 14.2 Å². The minimum absolute atomic E-state index is 0.0347. The molecule has 0 saturated carbocycles. The van der Waals surface area contributed by atoms with Crippen molar-refractivity contribution < 1.29 is 14.1 Å². The van der Waals surface area contributed by atoms with Gasteiger partial charge in [-0.15, -0.1) is 11.3 Å². The topological polar surface area (TPSA) is 71.7 Å². The van der Waals surface area contributed by atoms with Gasteiger partial charge in [0.2, 0.25) is 0 Å². The zero-order valence-corrected chi connectivity index (χ0v) is 20.8. The predicted octanol–water partition coefficient (Wildman–Crippen LogP) is 4.95. The molecule has 1 amide bonds. The number of hydrogen-bond acceptors (Lipinski definition) is 7. The van der Waals surface area contributed by atoms with Crippen molar-refractivity contribution in [3.05, 3.63) is 88.3 Å². The molecule has 180 valence electrons. The summed E-state index contributed by atoms with van der Waals surface area (Å²) in [6.07, 6.45) is 0. The molecule has 8 heteroatoms. The molecule has 0 unspecified atom stereocenters. The second-order valence-corrected chi connectivity index (χ2v) is 9.56. The van der Waals surface area contributed by atoms with E-state index in [1.807, 2.05) is 61.2 Å². The van der Waals surface area contributed by atoms with Gasteiger partial charge in [-0.25, -0.2) is 4.98 Å². The van der Waals surface area contributed by atoms with Gasteiger partial charge in [0.15, 0.2) is 0 Å². The molecule has 1 aliphatic heterocycles. The molecule has 5 rings (SSSR count). The smallest absolute Gasteiger partial charge is 0.254 e. The van der Waals surface area contributed by atoms with Crippen LogP contribution in [0.1, 0.15) is 33.1 Å². The third-order valence-electron chi connectivity index (χ3n) is 6.26. The van der Waals surface area contributed by atoms with E-state index < -0.39 is 0 Å². The van der Waals surface area contributed by atoms with Crippen LogP contribution in [0.25, 0.3) is 10.6 Å². The second kappa shape index (κ2) is 10.4. The van der Waals surface area contributed by atoms with Crippen LogP contribution in [0.3, 0.4) is 0 Å². The molecule has 0 atom stereocenters. The molecule has 7 nitrogen and oxygen atoms in total. The summed E-state index contributed by atoms with van der Waals surface area (Å²) in [6.45, 7) is 7.96. The van der Waals surface area contributed by atoms with Gasteiger partial charge in [0.1, 0.15) is 23.1 Å². The largest absolute Gasteiger partial charge is 0.489 e. The molecule has 1 saturated heterocycles. The molecule has 0 radical (unpaired) electrons. The lowest BCUT2D eigenvalue weighted by Gasteiger charge is -2.34. The summed E-state index contributed by atoms with van der Waals surface area (Å²) in [5.74, 6) is 1.45. The van der Waals surface area contributed by atoms with Crippen LogP contribution in [-0.2, 0) is 13.2 Å². The molecule has 0 spiro atoms. The van der Waals surface area contributed by atoms with E-state index in [0.29, 0.717) is 31.0 Å². The summed E-state index contributed by atoms with van der Waals surface area (Å²) >= 11 is 1.68. The van der Waals surface area contributed by atoms with Crippen molar-refractivity contribution in [3.63, 3.8) is 0 Å². The highest BCUT2D eigenvalue weighted by molar-refractivity contribution is 7.13. The van der Waals surface area contributed by atoms with Gasteiger partial charge < -0.3 is 14.2 Å². The molecular formula is C27H28N4O3S. The lowest BCUT2D eigenvalue weighted by atomic mass is 10.1. The van der Waals surface area contributed by atoms with Gasteiger partial charge in [-0.05, 0) is 32.0 Å².